The summed E-state index contributed by atoms with van der Waals surface area (Å²) >= 11 is 0. The Kier molecular flexibility index (Phi) is 4.04. The van der Waals surface area contributed by atoms with Gasteiger partial charge < -0.3 is 9.64 Å². The van der Waals surface area contributed by atoms with E-state index in [1.54, 1.807) is 16.5 Å². The van der Waals surface area contributed by atoms with Crippen molar-refractivity contribution in [2.45, 2.75) is 25.9 Å². The van der Waals surface area contributed by atoms with Crippen LogP contribution in [0.3, 0.4) is 0 Å². The molecule has 1 saturated carbocycles. The molecule has 0 saturated heterocycles. The first-order chi connectivity index (χ1) is 10.6. The van der Waals surface area contributed by atoms with Crippen LogP contribution in [0.15, 0.2) is 30.6 Å². The second-order valence-electron chi connectivity index (χ2n) is 5.67. The molecule has 1 amide bonds. The highest BCUT2D eigenvalue weighted by Crippen LogP contribution is 2.29. The van der Waals surface area contributed by atoms with Crippen molar-refractivity contribution in [2.24, 2.45) is 5.92 Å². The van der Waals surface area contributed by atoms with Gasteiger partial charge in [-0.05, 0) is 60.4 Å². The first-order valence-corrected chi connectivity index (χ1v) is 7.38. The predicted octanol–water partition coefficient (Wildman–Crippen LogP) is 1.30. The number of benzene rings is 1. The van der Waals surface area contributed by atoms with Gasteiger partial charge in [-0.1, -0.05) is 0 Å². The van der Waals surface area contributed by atoms with Crippen LogP contribution in [-0.2, 0) is 4.79 Å². The van der Waals surface area contributed by atoms with Crippen molar-refractivity contribution in [3.8, 4) is 11.4 Å². The number of ether oxygens (including phenoxy) is 1. The van der Waals surface area contributed by atoms with E-state index < -0.39 is 6.10 Å². The van der Waals surface area contributed by atoms with E-state index in [0.29, 0.717) is 11.7 Å². The SMILES string of the molecule is CC(Oc1ccc(-n2cnnn2)cc1)C(=O)N(C)CC1CC1. The molecule has 1 fully saturated rings. The molecule has 7 nitrogen and oxygen atoms in total. The molecule has 1 aliphatic rings. The summed E-state index contributed by atoms with van der Waals surface area (Å²) in [4.78, 5) is 14.0. The summed E-state index contributed by atoms with van der Waals surface area (Å²) in [6.45, 7) is 2.60. The van der Waals surface area contributed by atoms with Gasteiger partial charge in [0.2, 0.25) is 0 Å². The lowest BCUT2D eigenvalue weighted by molar-refractivity contribution is -0.136. The van der Waals surface area contributed by atoms with Crippen LogP contribution in [0.1, 0.15) is 19.8 Å². The van der Waals surface area contributed by atoms with Gasteiger partial charge in [0.05, 0.1) is 5.69 Å². The summed E-state index contributed by atoms with van der Waals surface area (Å²) in [5.74, 6) is 1.34. The zero-order valence-electron chi connectivity index (χ0n) is 12.7. The number of likely N-dealkylation sites (N-methyl/N-ethyl adjacent to an activating group) is 1. The lowest BCUT2D eigenvalue weighted by Crippen LogP contribution is -2.38. The first-order valence-electron chi connectivity index (χ1n) is 7.38. The fourth-order valence-electron chi connectivity index (χ4n) is 2.30. The molecule has 7 heteroatoms. The molecule has 22 heavy (non-hydrogen) atoms. The molecule has 116 valence electrons. The maximum Gasteiger partial charge on any atom is 0.263 e. The van der Waals surface area contributed by atoms with Crippen LogP contribution in [0.25, 0.3) is 5.69 Å². The maximum absolute atomic E-state index is 12.2. The average Bonchev–Trinajstić information content (AvgIpc) is 3.16. The van der Waals surface area contributed by atoms with E-state index in [9.17, 15) is 4.79 Å². The Balaban J connectivity index is 1.58. The van der Waals surface area contributed by atoms with Gasteiger partial charge in [0.25, 0.3) is 5.91 Å². The van der Waals surface area contributed by atoms with E-state index in [2.05, 4.69) is 15.5 Å². The molecule has 0 radical (unpaired) electrons. The molecule has 3 rings (SSSR count). The highest BCUT2D eigenvalue weighted by Gasteiger charge is 2.27. The van der Waals surface area contributed by atoms with Crippen LogP contribution < -0.4 is 4.74 Å². The van der Waals surface area contributed by atoms with Crippen molar-refractivity contribution in [3.63, 3.8) is 0 Å². The topological polar surface area (TPSA) is 73.1 Å². The molecular formula is C15H19N5O2. The number of carbonyl (C=O) groups excluding carboxylic acids is 1. The fraction of sp³-hybridized carbons (Fsp3) is 0.467. The van der Waals surface area contributed by atoms with Gasteiger partial charge in [-0.15, -0.1) is 5.10 Å². The Bertz CT molecular complexity index is 622. The van der Waals surface area contributed by atoms with Crippen molar-refractivity contribution >= 4 is 5.91 Å². The third-order valence-electron chi connectivity index (χ3n) is 3.72. The zero-order valence-corrected chi connectivity index (χ0v) is 12.7. The molecule has 1 aromatic heterocycles. The number of hydrogen-bond donors (Lipinski definition) is 0. The summed E-state index contributed by atoms with van der Waals surface area (Å²) in [6, 6.07) is 7.30. The molecule has 0 aliphatic heterocycles. The van der Waals surface area contributed by atoms with Crippen LogP contribution in [0.5, 0.6) is 5.75 Å². The Labute approximate surface area is 128 Å². The minimum absolute atomic E-state index is 0.0106. The van der Waals surface area contributed by atoms with Gasteiger partial charge in [0, 0.05) is 13.6 Å². The normalized spacial score (nSPS) is 15.4. The van der Waals surface area contributed by atoms with Gasteiger partial charge in [-0.3, -0.25) is 4.79 Å². The minimum Gasteiger partial charge on any atom is -0.481 e. The lowest BCUT2D eigenvalue weighted by Gasteiger charge is -2.22. The van der Waals surface area contributed by atoms with Gasteiger partial charge >= 0.3 is 0 Å². The monoisotopic (exact) mass is 301 g/mol. The number of aromatic nitrogens is 4. The Morgan fingerprint density at radius 1 is 1.41 bits per heavy atom. The molecule has 2 aromatic rings. The Hall–Kier alpha value is -2.44. The Morgan fingerprint density at radius 3 is 2.73 bits per heavy atom. The van der Waals surface area contributed by atoms with Crippen LogP contribution >= 0.6 is 0 Å². The predicted molar refractivity (Wildman–Crippen MR) is 79.6 cm³/mol. The number of tetrazole rings is 1. The Morgan fingerprint density at radius 2 is 2.14 bits per heavy atom. The highest BCUT2D eigenvalue weighted by atomic mass is 16.5. The number of amides is 1. The summed E-state index contributed by atoms with van der Waals surface area (Å²) in [5.41, 5.74) is 0.835. The van der Waals surface area contributed by atoms with Gasteiger partial charge in [0.15, 0.2) is 6.10 Å². The van der Waals surface area contributed by atoms with Crippen LogP contribution in [0, 0.1) is 5.92 Å². The molecule has 1 heterocycles. The molecule has 1 unspecified atom stereocenters. The molecule has 0 N–H and O–H groups in total. The minimum atomic E-state index is -0.498. The van der Waals surface area contributed by atoms with E-state index in [1.165, 1.54) is 19.2 Å². The third-order valence-corrected chi connectivity index (χ3v) is 3.72. The van der Waals surface area contributed by atoms with Crippen LogP contribution in [-0.4, -0.2) is 50.7 Å². The number of hydrogen-bond acceptors (Lipinski definition) is 5. The van der Waals surface area contributed by atoms with Gasteiger partial charge in [-0.25, -0.2) is 4.68 Å². The van der Waals surface area contributed by atoms with E-state index in [1.807, 2.05) is 31.3 Å². The molecule has 1 aliphatic carbocycles. The van der Waals surface area contributed by atoms with E-state index >= 15 is 0 Å². The van der Waals surface area contributed by atoms with E-state index in [-0.39, 0.29) is 5.91 Å². The highest BCUT2D eigenvalue weighted by molar-refractivity contribution is 5.80. The molecular weight excluding hydrogens is 282 g/mol. The van der Waals surface area contributed by atoms with Gasteiger partial charge in [0.1, 0.15) is 12.1 Å². The zero-order chi connectivity index (χ0) is 15.5. The van der Waals surface area contributed by atoms with Crippen molar-refractivity contribution in [2.75, 3.05) is 13.6 Å². The summed E-state index contributed by atoms with van der Waals surface area (Å²) in [6.07, 6.45) is 3.48. The summed E-state index contributed by atoms with van der Waals surface area (Å²) in [7, 11) is 1.83. The molecule has 0 spiro atoms. The van der Waals surface area contributed by atoms with Crippen molar-refractivity contribution in [3.05, 3.63) is 30.6 Å². The standard InChI is InChI=1S/C15H19N5O2/c1-11(15(21)19(2)9-12-3-4-12)22-14-7-5-13(6-8-14)20-10-16-17-18-20/h5-8,10-12H,3-4,9H2,1-2H3. The van der Waals surface area contributed by atoms with Crippen molar-refractivity contribution < 1.29 is 9.53 Å². The van der Waals surface area contributed by atoms with Gasteiger partial charge in [-0.2, -0.15) is 0 Å². The third kappa shape index (κ3) is 3.41. The lowest BCUT2D eigenvalue weighted by atomic mass is 10.3. The quantitative estimate of drug-likeness (QED) is 0.804. The molecule has 1 aromatic carbocycles. The van der Waals surface area contributed by atoms with Crippen LogP contribution in [0.2, 0.25) is 0 Å². The second kappa shape index (κ2) is 6.13. The number of carbonyl (C=O) groups is 1. The molecule has 1 atom stereocenters. The number of nitrogens with zero attached hydrogens (tertiary/aromatic N) is 5. The van der Waals surface area contributed by atoms with Crippen molar-refractivity contribution in [1.29, 1.82) is 0 Å². The van der Waals surface area contributed by atoms with E-state index in [4.69, 9.17) is 4.74 Å². The summed E-state index contributed by atoms with van der Waals surface area (Å²) < 4.78 is 7.28. The fourth-order valence-corrected chi connectivity index (χ4v) is 2.30. The largest absolute Gasteiger partial charge is 0.481 e. The smallest absolute Gasteiger partial charge is 0.263 e. The maximum atomic E-state index is 12.2. The van der Waals surface area contributed by atoms with Crippen molar-refractivity contribution in [1.82, 2.24) is 25.1 Å². The first kappa shape index (κ1) is 14.5. The molecule has 0 bridgehead atoms. The average molecular weight is 301 g/mol. The number of rotatable bonds is 6. The second-order valence-corrected chi connectivity index (χ2v) is 5.67. The summed E-state index contributed by atoms with van der Waals surface area (Å²) in [5, 5.41) is 11.0. The van der Waals surface area contributed by atoms with Crippen LogP contribution in [0.4, 0.5) is 0 Å². The van der Waals surface area contributed by atoms with E-state index in [0.717, 1.165) is 12.2 Å².